The molecule has 0 bridgehead atoms. The van der Waals surface area contributed by atoms with Gasteiger partial charge in [0.25, 0.3) is 0 Å². The summed E-state index contributed by atoms with van der Waals surface area (Å²) in [5.74, 6) is 1.65. The normalized spacial score (nSPS) is 14.9. The van der Waals surface area contributed by atoms with Crippen LogP contribution in [0, 0.1) is 5.92 Å². The first kappa shape index (κ1) is 16.8. The first-order valence-corrected chi connectivity index (χ1v) is 9.30. The van der Waals surface area contributed by atoms with Gasteiger partial charge >= 0.3 is 6.03 Å². The number of hydrogen-bond donors (Lipinski definition) is 2. The Balaban J connectivity index is 1.41. The summed E-state index contributed by atoms with van der Waals surface area (Å²) in [6.07, 6.45) is 8.69. The molecule has 1 aliphatic rings. The van der Waals surface area contributed by atoms with Crippen LogP contribution in [-0.4, -0.2) is 37.5 Å². The number of nitrogens with zero attached hydrogens (tertiary/aromatic N) is 5. The fourth-order valence-corrected chi connectivity index (χ4v) is 3.87. The highest BCUT2D eigenvalue weighted by Gasteiger charge is 2.18. The lowest BCUT2D eigenvalue weighted by atomic mass is 10.1. The molecule has 0 spiro atoms. The summed E-state index contributed by atoms with van der Waals surface area (Å²) >= 11 is 1.47. The highest BCUT2D eigenvalue weighted by Crippen LogP contribution is 2.29. The van der Waals surface area contributed by atoms with Crippen LogP contribution in [0.5, 0.6) is 0 Å². The zero-order valence-electron chi connectivity index (χ0n) is 13.9. The quantitative estimate of drug-likeness (QED) is 0.799. The molecule has 2 heterocycles. The van der Waals surface area contributed by atoms with E-state index >= 15 is 0 Å². The van der Waals surface area contributed by atoms with E-state index in [0.29, 0.717) is 18.2 Å². The van der Waals surface area contributed by atoms with Gasteiger partial charge in [-0.1, -0.05) is 43.9 Å². The fourth-order valence-electron chi connectivity index (χ4n) is 3.02. The van der Waals surface area contributed by atoms with Gasteiger partial charge in [0.1, 0.15) is 17.2 Å². The van der Waals surface area contributed by atoms with E-state index in [9.17, 15) is 4.79 Å². The Labute approximate surface area is 145 Å². The summed E-state index contributed by atoms with van der Waals surface area (Å²) in [4.78, 5) is 11.9. The molecule has 0 aliphatic heterocycles. The van der Waals surface area contributed by atoms with E-state index in [4.69, 9.17) is 0 Å². The van der Waals surface area contributed by atoms with Crippen LogP contribution >= 0.6 is 11.3 Å². The van der Waals surface area contributed by atoms with E-state index in [1.54, 1.807) is 6.33 Å². The molecule has 0 aromatic carbocycles. The number of urea groups is 1. The van der Waals surface area contributed by atoms with Crippen molar-refractivity contribution in [3.63, 3.8) is 0 Å². The van der Waals surface area contributed by atoms with Gasteiger partial charge in [-0.25, -0.2) is 4.79 Å². The molecule has 2 amide bonds. The topological polar surface area (TPSA) is 97.6 Å². The van der Waals surface area contributed by atoms with Crippen LogP contribution in [0.4, 0.5) is 9.93 Å². The molecule has 3 rings (SSSR count). The first-order chi connectivity index (χ1) is 11.7. The molecule has 0 saturated heterocycles. The van der Waals surface area contributed by atoms with Crippen molar-refractivity contribution < 1.29 is 4.79 Å². The molecular formula is C15H23N7OS. The Hall–Kier alpha value is -2.03. The van der Waals surface area contributed by atoms with E-state index in [0.717, 1.165) is 29.6 Å². The second kappa shape index (κ2) is 8.18. The largest absolute Gasteiger partial charge is 0.336 e. The van der Waals surface area contributed by atoms with Crippen molar-refractivity contribution in [1.82, 2.24) is 30.3 Å². The van der Waals surface area contributed by atoms with E-state index in [-0.39, 0.29) is 6.03 Å². The number of nitrogens with one attached hydrogen (secondary N) is 2. The predicted octanol–water partition coefficient (Wildman–Crippen LogP) is 2.25. The van der Waals surface area contributed by atoms with Gasteiger partial charge in [0.05, 0.1) is 0 Å². The van der Waals surface area contributed by atoms with Gasteiger partial charge < -0.3 is 9.88 Å². The number of carbonyl (C=O) groups is 1. The summed E-state index contributed by atoms with van der Waals surface area (Å²) in [5.41, 5.74) is 0. The van der Waals surface area contributed by atoms with Crippen molar-refractivity contribution in [1.29, 1.82) is 0 Å². The smallest absolute Gasteiger partial charge is 0.321 e. The minimum Gasteiger partial charge on any atom is -0.336 e. The SMILES string of the molecule is CCc1nncn1CCNC(=O)Nc1nnc(CC2CCCC2)s1. The van der Waals surface area contributed by atoms with Crippen molar-refractivity contribution >= 4 is 22.5 Å². The van der Waals surface area contributed by atoms with Crippen LogP contribution in [0.3, 0.4) is 0 Å². The molecule has 130 valence electrons. The van der Waals surface area contributed by atoms with Gasteiger partial charge in [-0.05, 0) is 5.92 Å². The maximum atomic E-state index is 11.9. The Kier molecular flexibility index (Phi) is 5.73. The summed E-state index contributed by atoms with van der Waals surface area (Å²) < 4.78 is 1.94. The Morgan fingerprint density at radius 1 is 1.33 bits per heavy atom. The predicted molar refractivity (Wildman–Crippen MR) is 92.0 cm³/mol. The Morgan fingerprint density at radius 3 is 2.96 bits per heavy atom. The second-order valence-electron chi connectivity index (χ2n) is 6.03. The van der Waals surface area contributed by atoms with Gasteiger partial charge in [0.2, 0.25) is 5.13 Å². The third-order valence-corrected chi connectivity index (χ3v) is 5.14. The molecule has 1 aliphatic carbocycles. The molecule has 2 N–H and O–H groups in total. The van der Waals surface area contributed by atoms with Crippen molar-refractivity contribution in [2.24, 2.45) is 5.92 Å². The lowest BCUT2D eigenvalue weighted by Gasteiger charge is -2.07. The number of carbonyl (C=O) groups excluding carboxylic acids is 1. The second-order valence-corrected chi connectivity index (χ2v) is 7.09. The summed E-state index contributed by atoms with van der Waals surface area (Å²) in [6.45, 7) is 3.18. The maximum absolute atomic E-state index is 11.9. The summed E-state index contributed by atoms with van der Waals surface area (Å²) in [7, 11) is 0. The van der Waals surface area contributed by atoms with Crippen LogP contribution in [0.2, 0.25) is 0 Å². The first-order valence-electron chi connectivity index (χ1n) is 8.48. The van der Waals surface area contributed by atoms with Crippen molar-refractivity contribution in [3.8, 4) is 0 Å². The lowest BCUT2D eigenvalue weighted by Crippen LogP contribution is -2.31. The average Bonchev–Trinajstić information content (AvgIpc) is 3.30. The third kappa shape index (κ3) is 4.50. The van der Waals surface area contributed by atoms with Crippen molar-refractivity contribution in [2.45, 2.75) is 52.0 Å². The van der Waals surface area contributed by atoms with Gasteiger partial charge in [-0.15, -0.1) is 20.4 Å². The number of aromatic nitrogens is 5. The minimum atomic E-state index is -0.260. The van der Waals surface area contributed by atoms with E-state index in [2.05, 4.69) is 31.0 Å². The lowest BCUT2D eigenvalue weighted by molar-refractivity contribution is 0.251. The number of anilines is 1. The van der Waals surface area contributed by atoms with Crippen LogP contribution in [0.25, 0.3) is 0 Å². The van der Waals surface area contributed by atoms with Gasteiger partial charge in [0, 0.05) is 25.9 Å². The van der Waals surface area contributed by atoms with Crippen LogP contribution in [0.1, 0.15) is 43.4 Å². The molecule has 0 unspecified atom stereocenters. The number of rotatable bonds is 7. The fraction of sp³-hybridized carbons (Fsp3) is 0.667. The number of aryl methyl sites for hydroxylation is 1. The molecule has 9 heteroatoms. The summed E-state index contributed by atoms with van der Waals surface area (Å²) in [5, 5.41) is 23.2. The van der Waals surface area contributed by atoms with Crippen molar-refractivity contribution in [3.05, 3.63) is 17.2 Å². The average molecular weight is 349 g/mol. The highest BCUT2D eigenvalue weighted by molar-refractivity contribution is 7.15. The molecular weight excluding hydrogens is 326 g/mol. The molecule has 24 heavy (non-hydrogen) atoms. The van der Waals surface area contributed by atoms with E-state index in [1.165, 1.54) is 37.0 Å². The highest BCUT2D eigenvalue weighted by atomic mass is 32.1. The molecule has 2 aromatic rings. The molecule has 1 fully saturated rings. The van der Waals surface area contributed by atoms with E-state index < -0.39 is 0 Å². The third-order valence-electron chi connectivity index (χ3n) is 4.28. The zero-order valence-corrected chi connectivity index (χ0v) is 14.7. The van der Waals surface area contributed by atoms with Crippen LogP contribution < -0.4 is 10.6 Å². The van der Waals surface area contributed by atoms with Crippen LogP contribution in [-0.2, 0) is 19.4 Å². The van der Waals surface area contributed by atoms with Gasteiger partial charge in [-0.2, -0.15) is 0 Å². The molecule has 8 nitrogen and oxygen atoms in total. The standard InChI is InChI=1S/C15H23N7OS/c1-2-12-19-17-10-22(12)8-7-16-14(23)18-15-21-20-13(24-15)9-11-5-3-4-6-11/h10-11H,2-9H2,1H3,(H2,16,18,21,23). The number of hydrogen-bond acceptors (Lipinski definition) is 6. The van der Waals surface area contributed by atoms with Gasteiger partial charge in [0.15, 0.2) is 0 Å². The summed E-state index contributed by atoms with van der Waals surface area (Å²) in [6, 6.07) is -0.260. The Bertz CT molecular complexity index is 662. The molecule has 1 saturated carbocycles. The molecule has 2 aromatic heterocycles. The van der Waals surface area contributed by atoms with Gasteiger partial charge in [-0.3, -0.25) is 5.32 Å². The van der Waals surface area contributed by atoms with Crippen molar-refractivity contribution in [2.75, 3.05) is 11.9 Å². The van der Waals surface area contributed by atoms with E-state index in [1.807, 2.05) is 11.5 Å². The number of amides is 2. The minimum absolute atomic E-state index is 0.260. The van der Waals surface area contributed by atoms with Crippen LogP contribution in [0.15, 0.2) is 6.33 Å². The monoisotopic (exact) mass is 349 g/mol. The zero-order chi connectivity index (χ0) is 16.8. The molecule has 0 radical (unpaired) electrons. The Morgan fingerprint density at radius 2 is 2.17 bits per heavy atom. The maximum Gasteiger partial charge on any atom is 0.321 e. The molecule has 0 atom stereocenters.